The lowest BCUT2D eigenvalue weighted by Gasteiger charge is -2.32. The molecule has 0 N–H and O–H groups in total. The van der Waals surface area contributed by atoms with E-state index in [0.29, 0.717) is 0 Å². The average molecular weight is 875 g/mol. The average Bonchev–Trinajstić information content (AvgIpc) is 4.03. The van der Waals surface area contributed by atoms with Crippen molar-refractivity contribution in [3.05, 3.63) is 277 Å². The highest BCUT2D eigenvalue weighted by Crippen LogP contribution is 2.64. The van der Waals surface area contributed by atoms with Crippen molar-refractivity contribution in [2.75, 3.05) is 4.90 Å². The van der Waals surface area contributed by atoms with Crippen LogP contribution in [0, 0.1) is 0 Å². The van der Waals surface area contributed by atoms with Crippen LogP contribution in [0.5, 0.6) is 0 Å². The number of hydrogen-bond acceptors (Lipinski definition) is 1. The Morgan fingerprint density at radius 3 is 1.49 bits per heavy atom. The van der Waals surface area contributed by atoms with Gasteiger partial charge in [-0.1, -0.05) is 200 Å². The van der Waals surface area contributed by atoms with E-state index < -0.39 is 5.41 Å². The predicted octanol–water partition coefficient (Wildman–Crippen LogP) is 17.7. The first kappa shape index (κ1) is 38.2. The molecule has 69 heavy (non-hydrogen) atoms. The maximum atomic E-state index is 2.54. The SMILES string of the molecule is c1ccc(-n2c3ccccc3c3ccc(-c4cccc(N(c5ccc6c7ccccc7c7ccccc7c6c5)c5cccc6c5-c5ccccc5C65c6ccccc6-c6ccccc65)c4)cc32)cc1. The number of rotatable bonds is 5. The Bertz CT molecular complexity index is 4190. The van der Waals surface area contributed by atoms with Crippen LogP contribution in [-0.4, -0.2) is 4.57 Å². The van der Waals surface area contributed by atoms with Crippen molar-refractivity contribution in [2.45, 2.75) is 5.41 Å². The minimum atomic E-state index is -0.465. The van der Waals surface area contributed by atoms with E-state index in [9.17, 15) is 0 Å². The normalized spacial score (nSPS) is 13.0. The van der Waals surface area contributed by atoms with Gasteiger partial charge in [-0.25, -0.2) is 0 Å². The number of benzene rings is 12. The second-order valence-corrected chi connectivity index (χ2v) is 18.7. The van der Waals surface area contributed by atoms with Gasteiger partial charge in [0.25, 0.3) is 0 Å². The van der Waals surface area contributed by atoms with E-state index in [1.807, 2.05) is 0 Å². The van der Waals surface area contributed by atoms with E-state index in [0.717, 1.165) is 28.3 Å². The van der Waals surface area contributed by atoms with Gasteiger partial charge in [-0.3, -0.25) is 0 Å². The molecule has 2 nitrogen and oxygen atoms in total. The lowest BCUT2D eigenvalue weighted by atomic mass is 9.70. The summed E-state index contributed by atoms with van der Waals surface area (Å²) in [5.74, 6) is 0. The maximum Gasteiger partial charge on any atom is 0.0726 e. The molecule has 12 aromatic carbocycles. The van der Waals surface area contributed by atoms with E-state index in [4.69, 9.17) is 0 Å². The number of aromatic nitrogens is 1. The molecule has 0 saturated carbocycles. The number of nitrogens with zero attached hydrogens (tertiary/aromatic N) is 2. The van der Waals surface area contributed by atoms with Gasteiger partial charge >= 0.3 is 0 Å². The van der Waals surface area contributed by atoms with Crippen LogP contribution in [0.3, 0.4) is 0 Å². The van der Waals surface area contributed by atoms with Gasteiger partial charge in [-0.2, -0.15) is 0 Å². The molecule has 0 aliphatic heterocycles. The second kappa shape index (κ2) is 14.5. The molecule has 0 fully saturated rings. The third kappa shape index (κ3) is 5.26. The Balaban J connectivity index is 1.00. The number of hydrogen-bond donors (Lipinski definition) is 0. The molecule has 0 radical (unpaired) electrons. The molecule has 2 aliphatic rings. The zero-order chi connectivity index (χ0) is 45.2. The predicted molar refractivity (Wildman–Crippen MR) is 290 cm³/mol. The Labute approximate surface area is 400 Å². The van der Waals surface area contributed by atoms with E-state index in [-0.39, 0.29) is 0 Å². The largest absolute Gasteiger partial charge is 0.310 e. The lowest BCUT2D eigenvalue weighted by molar-refractivity contribution is 0.794. The molecule has 320 valence electrons. The zero-order valence-electron chi connectivity index (χ0n) is 37.6. The third-order valence-corrected chi connectivity index (χ3v) is 15.4. The molecule has 0 amide bonds. The summed E-state index contributed by atoms with van der Waals surface area (Å²) in [4.78, 5) is 2.54. The summed E-state index contributed by atoms with van der Waals surface area (Å²) in [5.41, 5.74) is 19.3. The van der Waals surface area contributed by atoms with Crippen LogP contribution in [0.1, 0.15) is 22.3 Å². The van der Waals surface area contributed by atoms with Crippen LogP contribution in [0.4, 0.5) is 17.1 Å². The van der Waals surface area contributed by atoms with Gasteiger partial charge in [0.15, 0.2) is 0 Å². The van der Waals surface area contributed by atoms with Crippen LogP contribution in [-0.2, 0) is 5.41 Å². The second-order valence-electron chi connectivity index (χ2n) is 18.7. The molecule has 15 rings (SSSR count). The summed E-state index contributed by atoms with van der Waals surface area (Å²) in [6.45, 7) is 0. The molecule has 1 aromatic heterocycles. The first-order valence-electron chi connectivity index (χ1n) is 24.0. The van der Waals surface area contributed by atoms with Crippen LogP contribution >= 0.6 is 0 Å². The van der Waals surface area contributed by atoms with E-state index >= 15 is 0 Å². The summed E-state index contributed by atoms with van der Waals surface area (Å²) in [6.07, 6.45) is 0. The van der Waals surface area contributed by atoms with Crippen molar-refractivity contribution in [3.8, 4) is 39.1 Å². The smallest absolute Gasteiger partial charge is 0.0726 e. The third-order valence-electron chi connectivity index (χ3n) is 15.4. The fraction of sp³-hybridized carbons (Fsp3) is 0.0149. The summed E-state index contributed by atoms with van der Waals surface area (Å²) >= 11 is 0. The quantitative estimate of drug-likeness (QED) is 0.156. The van der Waals surface area contributed by atoms with Gasteiger partial charge in [-0.05, 0) is 137 Å². The topological polar surface area (TPSA) is 8.17 Å². The number of para-hydroxylation sites is 2. The Kier molecular flexibility index (Phi) is 8.02. The number of anilines is 3. The van der Waals surface area contributed by atoms with Gasteiger partial charge in [-0.15, -0.1) is 0 Å². The van der Waals surface area contributed by atoms with E-state index in [2.05, 4.69) is 264 Å². The van der Waals surface area contributed by atoms with Gasteiger partial charge < -0.3 is 9.47 Å². The molecule has 0 atom stereocenters. The molecular weight excluding hydrogens is 833 g/mol. The molecule has 0 unspecified atom stereocenters. The number of fused-ring (bicyclic) bond motifs is 19. The first-order chi connectivity index (χ1) is 34.3. The molecule has 2 aliphatic carbocycles. The van der Waals surface area contributed by atoms with Crippen LogP contribution in [0.15, 0.2) is 255 Å². The lowest BCUT2D eigenvalue weighted by Crippen LogP contribution is -2.26. The molecule has 2 heteroatoms. The first-order valence-corrected chi connectivity index (χ1v) is 24.0. The van der Waals surface area contributed by atoms with E-state index in [1.54, 1.807) is 0 Å². The monoisotopic (exact) mass is 874 g/mol. The van der Waals surface area contributed by atoms with Crippen LogP contribution < -0.4 is 4.90 Å². The Morgan fingerprint density at radius 2 is 0.783 bits per heavy atom. The molecule has 1 spiro atoms. The van der Waals surface area contributed by atoms with Crippen molar-refractivity contribution in [2.24, 2.45) is 0 Å². The van der Waals surface area contributed by atoms with Gasteiger partial charge in [0.2, 0.25) is 0 Å². The van der Waals surface area contributed by atoms with Crippen LogP contribution in [0.25, 0.3) is 93.2 Å². The zero-order valence-corrected chi connectivity index (χ0v) is 37.6. The van der Waals surface area contributed by atoms with Crippen molar-refractivity contribution in [1.82, 2.24) is 4.57 Å². The fourth-order valence-electron chi connectivity index (χ4n) is 12.6. The fourth-order valence-corrected chi connectivity index (χ4v) is 12.6. The summed E-state index contributed by atoms with van der Waals surface area (Å²) in [5, 5.41) is 10.1. The minimum Gasteiger partial charge on any atom is -0.310 e. The maximum absolute atomic E-state index is 2.54. The molecule has 0 saturated heterocycles. The minimum absolute atomic E-state index is 0.465. The molecule has 13 aromatic rings. The van der Waals surface area contributed by atoms with Gasteiger partial charge in [0.1, 0.15) is 0 Å². The van der Waals surface area contributed by atoms with Crippen LogP contribution in [0.2, 0.25) is 0 Å². The summed E-state index contributed by atoms with van der Waals surface area (Å²) in [6, 6.07) is 95.0. The van der Waals surface area contributed by atoms with Crippen molar-refractivity contribution in [3.63, 3.8) is 0 Å². The summed E-state index contributed by atoms with van der Waals surface area (Å²) < 4.78 is 2.41. The van der Waals surface area contributed by atoms with Crippen molar-refractivity contribution in [1.29, 1.82) is 0 Å². The summed E-state index contributed by atoms with van der Waals surface area (Å²) in [7, 11) is 0. The van der Waals surface area contributed by atoms with Gasteiger partial charge in [0, 0.05) is 33.4 Å². The van der Waals surface area contributed by atoms with E-state index in [1.165, 1.54) is 104 Å². The van der Waals surface area contributed by atoms with Crippen molar-refractivity contribution < 1.29 is 0 Å². The highest BCUT2D eigenvalue weighted by Gasteiger charge is 2.52. The molecule has 1 heterocycles. The molecular formula is C67H42N2. The van der Waals surface area contributed by atoms with Crippen molar-refractivity contribution >= 4 is 71.2 Å². The highest BCUT2D eigenvalue weighted by molar-refractivity contribution is 6.26. The molecule has 0 bridgehead atoms. The Morgan fingerprint density at radius 1 is 0.290 bits per heavy atom. The van der Waals surface area contributed by atoms with Gasteiger partial charge in [0.05, 0.1) is 22.1 Å². The highest BCUT2D eigenvalue weighted by atomic mass is 15.1. The standard InChI is InChI=1S/C67H42N2/c1-2-19-45(20-3-1)69-63-34-15-11-28-55(63)56-38-36-44(41-65(56)69)43-18-16-21-46(40-43)68(47-37-39-52-50-24-5-4-22-48(50)49-23-6-7-25-51(49)58(52)42-47)64-35-17-33-62-66(64)57-29-10-14-32-61(57)67(62)59-30-12-8-26-53(59)54-27-9-13-31-60(54)67/h1-42H. The Hall–Kier alpha value is -8.98.